The van der Waals surface area contributed by atoms with Gasteiger partial charge in [-0.25, -0.2) is 4.98 Å². The van der Waals surface area contributed by atoms with Gasteiger partial charge in [0, 0.05) is 25.5 Å². The van der Waals surface area contributed by atoms with E-state index in [0.717, 1.165) is 16.7 Å². The molecular formula is C14H17F3IN5O2S. The normalized spacial score (nSPS) is 11.6. The molecule has 12 heteroatoms. The molecule has 0 unspecified atom stereocenters. The number of amides is 1. The summed E-state index contributed by atoms with van der Waals surface area (Å²) in [7, 11) is 1.53. The van der Waals surface area contributed by atoms with E-state index < -0.39 is 11.9 Å². The Kier molecular flexibility index (Phi) is 8.84. The van der Waals surface area contributed by atoms with Crippen molar-refractivity contribution in [3.05, 3.63) is 40.2 Å². The van der Waals surface area contributed by atoms with Crippen molar-refractivity contribution in [2.45, 2.75) is 12.7 Å². The number of nitrogens with one attached hydrogen (secondary N) is 3. The van der Waals surface area contributed by atoms with Crippen molar-refractivity contribution in [3.63, 3.8) is 0 Å². The van der Waals surface area contributed by atoms with Crippen molar-refractivity contribution in [1.29, 1.82) is 0 Å². The molecule has 0 aliphatic heterocycles. The number of aromatic nitrogens is 1. The van der Waals surface area contributed by atoms with Gasteiger partial charge in [-0.05, 0) is 12.1 Å². The van der Waals surface area contributed by atoms with E-state index >= 15 is 0 Å². The predicted molar refractivity (Wildman–Crippen MR) is 102 cm³/mol. The van der Waals surface area contributed by atoms with Crippen molar-refractivity contribution in [2.75, 3.05) is 20.1 Å². The molecule has 2 aromatic heterocycles. The molecule has 2 rings (SSSR count). The van der Waals surface area contributed by atoms with Gasteiger partial charge in [0.2, 0.25) is 0 Å². The van der Waals surface area contributed by atoms with Crippen LogP contribution >= 0.6 is 35.3 Å². The quantitative estimate of drug-likeness (QED) is 0.244. The number of furan rings is 1. The smallest absolute Gasteiger partial charge is 0.434 e. The molecule has 0 fully saturated rings. The molecule has 0 bridgehead atoms. The number of thiazole rings is 1. The summed E-state index contributed by atoms with van der Waals surface area (Å²) in [5.41, 5.74) is -0.905. The monoisotopic (exact) mass is 503 g/mol. The SMILES string of the molecule is CN=C(NCCNC(=O)c1ccco1)NCc1nc(C(F)(F)F)cs1.I. The second-order valence-electron chi connectivity index (χ2n) is 4.71. The summed E-state index contributed by atoms with van der Waals surface area (Å²) in [5, 5.41) is 9.69. The molecule has 0 radical (unpaired) electrons. The third-order valence-corrected chi connectivity index (χ3v) is 3.77. The second kappa shape index (κ2) is 10.4. The maximum Gasteiger partial charge on any atom is 0.434 e. The van der Waals surface area contributed by atoms with Crippen LogP contribution in [-0.2, 0) is 12.7 Å². The highest BCUT2D eigenvalue weighted by Gasteiger charge is 2.33. The molecule has 0 aromatic carbocycles. The minimum atomic E-state index is -4.44. The van der Waals surface area contributed by atoms with E-state index in [1.54, 1.807) is 12.1 Å². The molecule has 0 aliphatic rings. The van der Waals surface area contributed by atoms with Crippen molar-refractivity contribution < 1.29 is 22.4 Å². The third kappa shape index (κ3) is 6.82. The molecule has 0 spiro atoms. The first kappa shape index (κ1) is 22.2. The Morgan fingerprint density at radius 2 is 2.04 bits per heavy atom. The number of aliphatic imine (C=N–C) groups is 1. The largest absolute Gasteiger partial charge is 0.459 e. The standard InChI is InChI=1S/C14H16F3N5O2S.HI/c1-18-13(20-5-4-19-12(23)9-3-2-6-24-9)21-7-11-22-10(8-25-11)14(15,16)17;/h2-3,6,8H,4-5,7H2,1H3,(H,19,23)(H2,18,20,21);1H. The lowest BCUT2D eigenvalue weighted by Crippen LogP contribution is -2.41. The van der Waals surface area contributed by atoms with Crippen LogP contribution in [0.5, 0.6) is 0 Å². The van der Waals surface area contributed by atoms with Crippen molar-refractivity contribution in [2.24, 2.45) is 4.99 Å². The minimum absolute atomic E-state index is 0. The number of alkyl halides is 3. The molecule has 0 aliphatic carbocycles. The number of halogens is 4. The topological polar surface area (TPSA) is 91.5 Å². The molecule has 1 amide bonds. The zero-order chi connectivity index (χ0) is 18.3. The van der Waals surface area contributed by atoms with Crippen LogP contribution in [0.4, 0.5) is 13.2 Å². The summed E-state index contributed by atoms with van der Waals surface area (Å²) in [6.45, 7) is 0.798. The highest BCUT2D eigenvalue weighted by Crippen LogP contribution is 2.29. The Labute approximate surface area is 168 Å². The highest BCUT2D eigenvalue weighted by molar-refractivity contribution is 14.0. The summed E-state index contributed by atoms with van der Waals surface area (Å²) in [6.07, 6.45) is -3.04. The van der Waals surface area contributed by atoms with E-state index in [2.05, 4.69) is 25.9 Å². The van der Waals surface area contributed by atoms with Crippen LogP contribution in [0.15, 0.2) is 33.2 Å². The van der Waals surface area contributed by atoms with Gasteiger partial charge in [-0.15, -0.1) is 35.3 Å². The summed E-state index contributed by atoms with van der Waals surface area (Å²) in [6, 6.07) is 3.16. The van der Waals surface area contributed by atoms with Gasteiger partial charge in [-0.1, -0.05) is 0 Å². The Morgan fingerprint density at radius 1 is 1.31 bits per heavy atom. The van der Waals surface area contributed by atoms with E-state index in [9.17, 15) is 18.0 Å². The lowest BCUT2D eigenvalue weighted by Gasteiger charge is -2.11. The molecule has 7 nitrogen and oxygen atoms in total. The van der Waals surface area contributed by atoms with E-state index in [4.69, 9.17) is 4.42 Å². The average molecular weight is 503 g/mol. The maximum absolute atomic E-state index is 12.5. The number of rotatable bonds is 6. The molecular weight excluding hydrogens is 486 g/mol. The van der Waals surface area contributed by atoms with Gasteiger partial charge in [-0.3, -0.25) is 9.79 Å². The van der Waals surface area contributed by atoms with Gasteiger partial charge in [-0.2, -0.15) is 13.2 Å². The molecule has 2 aromatic rings. The van der Waals surface area contributed by atoms with E-state index in [-0.39, 0.29) is 42.2 Å². The number of nitrogens with zero attached hydrogens (tertiary/aromatic N) is 2. The number of hydrogen-bond donors (Lipinski definition) is 3. The van der Waals surface area contributed by atoms with Crippen molar-refractivity contribution in [3.8, 4) is 0 Å². The van der Waals surface area contributed by atoms with E-state index in [0.29, 0.717) is 24.1 Å². The lowest BCUT2D eigenvalue weighted by atomic mass is 10.4. The summed E-state index contributed by atoms with van der Waals surface area (Å²) in [5.74, 6) is 0.264. The van der Waals surface area contributed by atoms with Crippen LogP contribution in [0.1, 0.15) is 21.3 Å². The molecule has 0 saturated carbocycles. The first-order valence-corrected chi connectivity index (χ1v) is 8.06. The first-order valence-electron chi connectivity index (χ1n) is 7.18. The van der Waals surface area contributed by atoms with Crippen LogP contribution in [0.25, 0.3) is 0 Å². The number of carbonyl (C=O) groups excluding carboxylic acids is 1. The maximum atomic E-state index is 12.5. The van der Waals surface area contributed by atoms with Crippen LogP contribution in [0, 0.1) is 0 Å². The van der Waals surface area contributed by atoms with Crippen molar-refractivity contribution in [1.82, 2.24) is 20.9 Å². The number of carbonyl (C=O) groups is 1. The zero-order valence-corrected chi connectivity index (χ0v) is 16.7. The lowest BCUT2D eigenvalue weighted by molar-refractivity contribution is -0.140. The van der Waals surface area contributed by atoms with Crippen molar-refractivity contribution >= 4 is 47.2 Å². The fraction of sp³-hybridized carbons (Fsp3) is 0.357. The summed E-state index contributed by atoms with van der Waals surface area (Å²) >= 11 is 0.916. The Hall–Kier alpha value is -1.83. The average Bonchev–Trinajstić information content (AvgIpc) is 3.25. The van der Waals surface area contributed by atoms with Gasteiger partial charge < -0.3 is 20.4 Å². The van der Waals surface area contributed by atoms with Gasteiger partial charge in [0.25, 0.3) is 5.91 Å². The second-order valence-corrected chi connectivity index (χ2v) is 5.65. The van der Waals surface area contributed by atoms with E-state index in [1.165, 1.54) is 13.3 Å². The first-order chi connectivity index (χ1) is 11.9. The van der Waals surface area contributed by atoms with Gasteiger partial charge in [0.15, 0.2) is 17.4 Å². The molecule has 144 valence electrons. The minimum Gasteiger partial charge on any atom is -0.459 e. The number of hydrogen-bond acceptors (Lipinski definition) is 5. The molecule has 26 heavy (non-hydrogen) atoms. The summed E-state index contributed by atoms with van der Waals surface area (Å²) in [4.78, 5) is 19.1. The van der Waals surface area contributed by atoms with E-state index in [1.807, 2.05) is 0 Å². The zero-order valence-electron chi connectivity index (χ0n) is 13.6. The highest BCUT2D eigenvalue weighted by atomic mass is 127. The fourth-order valence-corrected chi connectivity index (χ4v) is 2.49. The molecule has 0 atom stereocenters. The fourth-order valence-electron chi connectivity index (χ4n) is 1.75. The van der Waals surface area contributed by atoms with Crippen LogP contribution in [0.2, 0.25) is 0 Å². The number of guanidine groups is 1. The third-order valence-electron chi connectivity index (χ3n) is 2.92. The Balaban J connectivity index is 0.00000338. The molecule has 0 saturated heterocycles. The van der Waals surface area contributed by atoms with Crippen LogP contribution in [-0.4, -0.2) is 37.0 Å². The van der Waals surface area contributed by atoms with Crippen LogP contribution < -0.4 is 16.0 Å². The van der Waals surface area contributed by atoms with Gasteiger partial charge in [0.05, 0.1) is 12.8 Å². The van der Waals surface area contributed by atoms with Gasteiger partial charge in [0.1, 0.15) is 5.01 Å². The van der Waals surface area contributed by atoms with Gasteiger partial charge >= 0.3 is 6.18 Å². The molecule has 3 N–H and O–H groups in total. The predicted octanol–water partition coefficient (Wildman–Crippen LogP) is 2.47. The Bertz CT molecular complexity index is 718. The molecule has 2 heterocycles. The van der Waals surface area contributed by atoms with Crippen LogP contribution in [0.3, 0.4) is 0 Å². The summed E-state index contributed by atoms with van der Waals surface area (Å²) < 4.78 is 42.4. The Morgan fingerprint density at radius 3 is 2.62 bits per heavy atom.